The van der Waals surface area contributed by atoms with E-state index in [-0.39, 0.29) is 11.8 Å². The summed E-state index contributed by atoms with van der Waals surface area (Å²) in [5.74, 6) is 0.343. The van der Waals surface area contributed by atoms with Gasteiger partial charge < -0.3 is 15.0 Å². The van der Waals surface area contributed by atoms with Gasteiger partial charge in [0.05, 0.1) is 6.61 Å². The van der Waals surface area contributed by atoms with E-state index in [9.17, 15) is 9.59 Å². The van der Waals surface area contributed by atoms with Crippen LogP contribution in [0.25, 0.3) is 0 Å². The predicted octanol–water partition coefficient (Wildman–Crippen LogP) is 1.32. The molecule has 0 bridgehead atoms. The Balaban J connectivity index is 2.29. The third-order valence-corrected chi connectivity index (χ3v) is 5.05. The molecule has 1 N–H and O–H groups in total. The smallest absolute Gasteiger partial charge is 0.248 e. The summed E-state index contributed by atoms with van der Waals surface area (Å²) >= 11 is 0. The molecule has 2 rings (SSSR count). The minimum Gasteiger partial charge on any atom is -0.381 e. The molecule has 3 unspecified atom stereocenters. The Morgan fingerprint density at radius 3 is 2.50 bits per heavy atom. The molecule has 2 fully saturated rings. The van der Waals surface area contributed by atoms with Crippen LogP contribution in [0.5, 0.6) is 0 Å². The fourth-order valence-corrected chi connectivity index (χ4v) is 2.94. The van der Waals surface area contributed by atoms with Gasteiger partial charge in [0.2, 0.25) is 11.8 Å². The molecule has 0 saturated carbocycles. The van der Waals surface area contributed by atoms with E-state index in [0.717, 1.165) is 13.0 Å². The molecule has 2 heterocycles. The molecule has 0 aromatic heterocycles. The zero-order valence-corrected chi connectivity index (χ0v) is 13.0. The first-order valence-corrected chi connectivity index (χ1v) is 7.60. The molecule has 0 aromatic carbocycles. The monoisotopic (exact) mass is 282 g/mol. The van der Waals surface area contributed by atoms with Crippen molar-refractivity contribution in [3.05, 3.63) is 0 Å². The second-order valence-corrected chi connectivity index (χ2v) is 6.41. The van der Waals surface area contributed by atoms with Crippen LogP contribution in [0.15, 0.2) is 0 Å². The van der Waals surface area contributed by atoms with Gasteiger partial charge in [-0.05, 0) is 33.1 Å². The lowest BCUT2D eigenvalue weighted by Crippen LogP contribution is -2.74. The molecule has 3 atom stereocenters. The molecule has 0 aliphatic carbocycles. The summed E-state index contributed by atoms with van der Waals surface area (Å²) in [6.07, 6.45) is 2.20. The summed E-state index contributed by atoms with van der Waals surface area (Å²) in [6, 6.07) is 0. The number of piperazine rings is 1. The minimum atomic E-state index is -0.773. The van der Waals surface area contributed by atoms with Gasteiger partial charge in [-0.15, -0.1) is 0 Å². The number of nitrogens with zero attached hydrogens (tertiary/aromatic N) is 1. The summed E-state index contributed by atoms with van der Waals surface area (Å²) in [5, 5.41) is 2.93. The Hall–Kier alpha value is -1.10. The molecule has 114 valence electrons. The quantitative estimate of drug-likeness (QED) is 0.846. The molecular weight excluding hydrogens is 256 g/mol. The highest BCUT2D eigenvalue weighted by Gasteiger charge is 2.53. The van der Waals surface area contributed by atoms with Crippen LogP contribution >= 0.6 is 0 Å². The van der Waals surface area contributed by atoms with Crippen LogP contribution in [-0.2, 0) is 14.3 Å². The van der Waals surface area contributed by atoms with E-state index in [1.807, 2.05) is 27.7 Å². The standard InChI is InChI=1S/C15H26N2O3/c1-5-14(3)13(19)17(9-11-7-8-20-10-11)15(4,6-2)12(18)16-14/h11H,5-10H2,1-4H3,(H,16,18). The van der Waals surface area contributed by atoms with Crippen LogP contribution in [0.2, 0.25) is 0 Å². The molecule has 2 aliphatic heterocycles. The van der Waals surface area contributed by atoms with Crippen LogP contribution in [0.1, 0.15) is 47.0 Å². The normalized spacial score (nSPS) is 38.2. The lowest BCUT2D eigenvalue weighted by Gasteiger charge is -2.50. The fourth-order valence-electron chi connectivity index (χ4n) is 2.94. The van der Waals surface area contributed by atoms with Gasteiger partial charge in [-0.3, -0.25) is 9.59 Å². The third-order valence-electron chi connectivity index (χ3n) is 5.05. The van der Waals surface area contributed by atoms with Crippen LogP contribution in [0, 0.1) is 5.92 Å². The number of rotatable bonds is 4. The summed E-state index contributed by atoms with van der Waals surface area (Å²) in [5.41, 5.74) is -1.51. The first-order chi connectivity index (χ1) is 9.37. The van der Waals surface area contributed by atoms with Crippen molar-refractivity contribution in [3.63, 3.8) is 0 Å². The molecule has 2 saturated heterocycles. The highest BCUT2D eigenvalue weighted by Crippen LogP contribution is 2.32. The SMILES string of the molecule is CCC1(C)NC(=O)C(C)(CC)N(CC2CCOC2)C1=O. The summed E-state index contributed by atoms with van der Waals surface area (Å²) in [7, 11) is 0. The second kappa shape index (κ2) is 5.35. The predicted molar refractivity (Wildman–Crippen MR) is 76.2 cm³/mol. The van der Waals surface area contributed by atoms with E-state index in [4.69, 9.17) is 4.74 Å². The van der Waals surface area contributed by atoms with E-state index < -0.39 is 11.1 Å². The molecule has 2 aliphatic rings. The van der Waals surface area contributed by atoms with Crippen molar-refractivity contribution in [3.8, 4) is 0 Å². The van der Waals surface area contributed by atoms with Crippen molar-refractivity contribution in [1.82, 2.24) is 10.2 Å². The topological polar surface area (TPSA) is 58.6 Å². The van der Waals surface area contributed by atoms with Crippen molar-refractivity contribution >= 4 is 11.8 Å². The fraction of sp³-hybridized carbons (Fsp3) is 0.867. The molecule has 0 aromatic rings. The summed E-state index contributed by atoms with van der Waals surface area (Å²) in [4.78, 5) is 27.2. The average Bonchev–Trinajstić information content (AvgIpc) is 2.94. The van der Waals surface area contributed by atoms with Gasteiger partial charge in [0, 0.05) is 19.1 Å². The van der Waals surface area contributed by atoms with Crippen molar-refractivity contribution < 1.29 is 14.3 Å². The minimum absolute atomic E-state index is 0.0378. The largest absolute Gasteiger partial charge is 0.381 e. The number of ether oxygens (including phenoxy) is 1. The molecule has 20 heavy (non-hydrogen) atoms. The summed E-state index contributed by atoms with van der Waals surface area (Å²) in [6.45, 7) is 9.64. The zero-order valence-electron chi connectivity index (χ0n) is 13.0. The Morgan fingerprint density at radius 1 is 1.30 bits per heavy atom. The van der Waals surface area contributed by atoms with Gasteiger partial charge in [0.15, 0.2) is 0 Å². The van der Waals surface area contributed by atoms with Gasteiger partial charge in [0.25, 0.3) is 0 Å². The maximum atomic E-state index is 12.9. The molecular formula is C15H26N2O3. The van der Waals surface area contributed by atoms with Gasteiger partial charge in [-0.25, -0.2) is 0 Å². The number of hydrogen-bond acceptors (Lipinski definition) is 3. The Labute approximate surface area is 121 Å². The van der Waals surface area contributed by atoms with E-state index in [0.29, 0.717) is 31.9 Å². The van der Waals surface area contributed by atoms with Gasteiger partial charge in [-0.2, -0.15) is 0 Å². The first-order valence-electron chi connectivity index (χ1n) is 7.60. The van der Waals surface area contributed by atoms with E-state index in [2.05, 4.69) is 5.32 Å². The number of nitrogens with one attached hydrogen (secondary N) is 1. The number of carbonyl (C=O) groups excluding carboxylic acids is 2. The van der Waals surface area contributed by atoms with E-state index in [1.54, 1.807) is 4.90 Å². The van der Waals surface area contributed by atoms with Crippen molar-refractivity contribution in [1.29, 1.82) is 0 Å². The first kappa shape index (κ1) is 15.3. The highest BCUT2D eigenvalue weighted by molar-refractivity contribution is 6.01. The number of hydrogen-bond donors (Lipinski definition) is 1. The molecule has 2 amide bonds. The van der Waals surface area contributed by atoms with E-state index >= 15 is 0 Å². The third kappa shape index (κ3) is 2.32. The van der Waals surface area contributed by atoms with Gasteiger partial charge in [0.1, 0.15) is 11.1 Å². The summed E-state index contributed by atoms with van der Waals surface area (Å²) < 4.78 is 5.40. The Kier molecular flexibility index (Phi) is 4.09. The second-order valence-electron chi connectivity index (χ2n) is 6.41. The van der Waals surface area contributed by atoms with Crippen LogP contribution < -0.4 is 5.32 Å². The maximum absolute atomic E-state index is 12.9. The zero-order chi connectivity index (χ0) is 15.0. The van der Waals surface area contributed by atoms with Gasteiger partial charge in [-0.1, -0.05) is 13.8 Å². The van der Waals surface area contributed by atoms with Crippen molar-refractivity contribution in [2.24, 2.45) is 5.92 Å². The maximum Gasteiger partial charge on any atom is 0.248 e. The van der Waals surface area contributed by atoms with Crippen molar-refractivity contribution in [2.75, 3.05) is 19.8 Å². The lowest BCUT2D eigenvalue weighted by atomic mass is 9.83. The Bertz CT molecular complexity index is 406. The van der Waals surface area contributed by atoms with Crippen molar-refractivity contribution in [2.45, 2.75) is 58.0 Å². The molecule has 5 nitrogen and oxygen atoms in total. The highest BCUT2D eigenvalue weighted by atomic mass is 16.5. The number of carbonyl (C=O) groups is 2. The molecule has 5 heteroatoms. The number of amides is 2. The van der Waals surface area contributed by atoms with Crippen LogP contribution in [0.4, 0.5) is 0 Å². The van der Waals surface area contributed by atoms with Gasteiger partial charge >= 0.3 is 0 Å². The Morgan fingerprint density at radius 2 is 2.00 bits per heavy atom. The van der Waals surface area contributed by atoms with Crippen LogP contribution in [-0.4, -0.2) is 47.6 Å². The average molecular weight is 282 g/mol. The lowest BCUT2D eigenvalue weighted by molar-refractivity contribution is -0.162. The molecule has 0 spiro atoms. The molecule has 0 radical (unpaired) electrons. The van der Waals surface area contributed by atoms with E-state index in [1.165, 1.54) is 0 Å². The van der Waals surface area contributed by atoms with Crippen LogP contribution in [0.3, 0.4) is 0 Å².